The van der Waals surface area contributed by atoms with E-state index in [0.29, 0.717) is 11.5 Å². The molecule has 21 heavy (non-hydrogen) atoms. The highest BCUT2D eigenvalue weighted by atomic mass is 32.2. The zero-order chi connectivity index (χ0) is 14.7. The predicted molar refractivity (Wildman–Crippen MR) is 86.1 cm³/mol. The second kappa shape index (κ2) is 6.84. The Bertz CT molecular complexity index is 503. The van der Waals surface area contributed by atoms with E-state index >= 15 is 0 Å². The third-order valence-electron chi connectivity index (χ3n) is 4.80. The van der Waals surface area contributed by atoms with Crippen LogP contribution in [0.4, 0.5) is 0 Å². The molecule has 1 aromatic rings. The van der Waals surface area contributed by atoms with Crippen LogP contribution < -0.4 is 0 Å². The van der Waals surface area contributed by atoms with Gasteiger partial charge in [0.15, 0.2) is 0 Å². The number of nitrogens with zero attached hydrogens (tertiary/aromatic N) is 1. The van der Waals surface area contributed by atoms with E-state index in [2.05, 4.69) is 4.90 Å². The van der Waals surface area contributed by atoms with Crippen LogP contribution in [0.1, 0.15) is 42.5 Å². The number of hydrogen-bond acceptors (Lipinski definition) is 3. The van der Waals surface area contributed by atoms with Crippen LogP contribution in [0.3, 0.4) is 0 Å². The van der Waals surface area contributed by atoms with Crippen molar-refractivity contribution in [2.24, 2.45) is 5.92 Å². The highest BCUT2D eigenvalue weighted by Crippen LogP contribution is 2.35. The number of benzene rings is 1. The molecule has 0 radical (unpaired) electrons. The molecule has 1 aromatic carbocycles. The molecule has 0 amide bonds. The zero-order valence-corrected chi connectivity index (χ0v) is 13.1. The summed E-state index contributed by atoms with van der Waals surface area (Å²) >= 11 is 1.73. The first-order valence-corrected chi connectivity index (χ1v) is 8.93. The van der Waals surface area contributed by atoms with Crippen molar-refractivity contribution in [3.8, 4) is 0 Å². The van der Waals surface area contributed by atoms with Crippen LogP contribution in [0.5, 0.6) is 0 Å². The van der Waals surface area contributed by atoms with Crippen LogP contribution in [0.15, 0.2) is 29.2 Å². The van der Waals surface area contributed by atoms with Gasteiger partial charge in [0.2, 0.25) is 0 Å². The first kappa shape index (κ1) is 14.9. The number of carboxylic acid groups (broad SMARTS) is 1. The van der Waals surface area contributed by atoms with Gasteiger partial charge in [-0.25, -0.2) is 4.79 Å². The monoisotopic (exact) mass is 305 g/mol. The normalized spacial score (nSPS) is 26.3. The molecule has 0 aromatic heterocycles. The molecule has 3 nitrogen and oxygen atoms in total. The molecular formula is C17H23NO2S. The van der Waals surface area contributed by atoms with Gasteiger partial charge < -0.3 is 10.0 Å². The minimum atomic E-state index is -0.818. The Kier molecular flexibility index (Phi) is 4.86. The van der Waals surface area contributed by atoms with E-state index in [1.807, 2.05) is 12.1 Å². The number of carbonyl (C=O) groups is 1. The van der Waals surface area contributed by atoms with E-state index in [0.717, 1.165) is 16.7 Å². The van der Waals surface area contributed by atoms with E-state index < -0.39 is 5.97 Å². The van der Waals surface area contributed by atoms with Crippen molar-refractivity contribution in [1.82, 2.24) is 4.90 Å². The molecular weight excluding hydrogens is 282 g/mol. The number of thioether (sulfide) groups is 1. The fraction of sp³-hybridized carbons (Fsp3) is 0.588. The molecule has 0 aliphatic carbocycles. The van der Waals surface area contributed by atoms with Gasteiger partial charge in [-0.3, -0.25) is 0 Å². The van der Waals surface area contributed by atoms with Gasteiger partial charge in [0, 0.05) is 16.7 Å². The molecule has 2 atom stereocenters. The van der Waals surface area contributed by atoms with Crippen LogP contribution in [0.2, 0.25) is 0 Å². The Hall–Kier alpha value is -1.00. The zero-order valence-electron chi connectivity index (χ0n) is 12.3. The first-order valence-electron chi connectivity index (χ1n) is 7.95. The fourth-order valence-corrected chi connectivity index (χ4v) is 5.01. The number of hydrogen-bond donors (Lipinski definition) is 1. The van der Waals surface area contributed by atoms with Crippen molar-refractivity contribution in [2.75, 3.05) is 18.8 Å². The second-order valence-corrected chi connectivity index (χ2v) is 7.18. The summed E-state index contributed by atoms with van der Waals surface area (Å²) in [5, 5.41) is 9.27. The number of carboxylic acids is 1. The number of aromatic carboxylic acids is 1. The standard InChI is InChI=1S/C17H23NO2S/c19-17(20)14-7-1-2-9-16(14)21-12-13-6-5-11-18-10-4-3-8-15(13)18/h1-2,7,9,13,15H,3-6,8,10-12H2,(H,19,20)/t13-,15+/m1/s1. The molecule has 2 aliphatic heterocycles. The van der Waals surface area contributed by atoms with Crippen LogP contribution >= 0.6 is 11.8 Å². The Morgan fingerprint density at radius 1 is 1.19 bits per heavy atom. The number of piperidine rings is 2. The van der Waals surface area contributed by atoms with E-state index in [1.54, 1.807) is 23.9 Å². The van der Waals surface area contributed by atoms with E-state index in [4.69, 9.17) is 0 Å². The lowest BCUT2D eigenvalue weighted by Gasteiger charge is -2.44. The van der Waals surface area contributed by atoms with Crippen LogP contribution in [0.25, 0.3) is 0 Å². The van der Waals surface area contributed by atoms with Crippen molar-refractivity contribution in [3.63, 3.8) is 0 Å². The average Bonchev–Trinajstić information content (AvgIpc) is 2.53. The quantitative estimate of drug-likeness (QED) is 0.860. The van der Waals surface area contributed by atoms with Crippen molar-refractivity contribution in [2.45, 2.75) is 43.0 Å². The van der Waals surface area contributed by atoms with E-state index in [1.165, 1.54) is 45.2 Å². The molecule has 0 bridgehead atoms. The third kappa shape index (κ3) is 3.43. The van der Waals surface area contributed by atoms with Crippen molar-refractivity contribution < 1.29 is 9.90 Å². The third-order valence-corrected chi connectivity index (χ3v) is 6.06. The van der Waals surface area contributed by atoms with E-state index in [9.17, 15) is 9.90 Å². The Balaban J connectivity index is 1.65. The van der Waals surface area contributed by atoms with Crippen LogP contribution in [0, 0.1) is 5.92 Å². The maximum absolute atomic E-state index is 11.3. The molecule has 0 unspecified atom stereocenters. The number of rotatable bonds is 4. The Morgan fingerprint density at radius 2 is 2.00 bits per heavy atom. The summed E-state index contributed by atoms with van der Waals surface area (Å²) in [5.41, 5.74) is 0.443. The summed E-state index contributed by atoms with van der Waals surface area (Å²) in [5.74, 6) is 0.942. The molecule has 2 aliphatic rings. The molecule has 4 heteroatoms. The topological polar surface area (TPSA) is 40.5 Å². The predicted octanol–water partition coefficient (Wildman–Crippen LogP) is 3.74. The minimum Gasteiger partial charge on any atom is -0.478 e. The second-order valence-electron chi connectivity index (χ2n) is 6.11. The van der Waals surface area contributed by atoms with Gasteiger partial charge in [0.25, 0.3) is 0 Å². The summed E-state index contributed by atoms with van der Waals surface area (Å²) in [7, 11) is 0. The summed E-state index contributed by atoms with van der Waals surface area (Å²) in [6.45, 7) is 2.52. The van der Waals surface area contributed by atoms with Crippen molar-refractivity contribution in [3.05, 3.63) is 29.8 Å². The molecule has 2 saturated heterocycles. The summed E-state index contributed by atoms with van der Waals surface area (Å²) < 4.78 is 0. The summed E-state index contributed by atoms with van der Waals surface area (Å²) in [6, 6.07) is 8.12. The molecule has 2 fully saturated rings. The van der Waals surface area contributed by atoms with Gasteiger partial charge in [-0.1, -0.05) is 18.6 Å². The maximum Gasteiger partial charge on any atom is 0.336 e. The Morgan fingerprint density at radius 3 is 2.86 bits per heavy atom. The summed E-state index contributed by atoms with van der Waals surface area (Å²) in [4.78, 5) is 14.9. The largest absolute Gasteiger partial charge is 0.478 e. The molecule has 3 rings (SSSR count). The van der Waals surface area contributed by atoms with Gasteiger partial charge in [0.05, 0.1) is 5.56 Å². The average molecular weight is 305 g/mol. The van der Waals surface area contributed by atoms with Gasteiger partial charge in [-0.15, -0.1) is 11.8 Å². The fourth-order valence-electron chi connectivity index (χ4n) is 3.74. The lowest BCUT2D eigenvalue weighted by atomic mass is 9.85. The lowest BCUT2D eigenvalue weighted by Crippen LogP contribution is -2.48. The summed E-state index contributed by atoms with van der Waals surface area (Å²) in [6.07, 6.45) is 6.61. The molecule has 0 saturated carbocycles. The van der Waals surface area contributed by atoms with Gasteiger partial charge in [-0.2, -0.15) is 0 Å². The molecule has 0 spiro atoms. The highest BCUT2D eigenvalue weighted by molar-refractivity contribution is 7.99. The lowest BCUT2D eigenvalue weighted by molar-refractivity contribution is 0.0689. The molecule has 1 N–H and O–H groups in total. The van der Waals surface area contributed by atoms with Gasteiger partial charge in [-0.05, 0) is 56.8 Å². The van der Waals surface area contributed by atoms with Crippen LogP contribution in [-0.4, -0.2) is 40.9 Å². The smallest absolute Gasteiger partial charge is 0.336 e. The van der Waals surface area contributed by atoms with Gasteiger partial charge in [0.1, 0.15) is 0 Å². The van der Waals surface area contributed by atoms with E-state index in [-0.39, 0.29) is 0 Å². The maximum atomic E-state index is 11.3. The molecule has 2 heterocycles. The number of fused-ring (bicyclic) bond motifs is 1. The van der Waals surface area contributed by atoms with Crippen molar-refractivity contribution in [1.29, 1.82) is 0 Å². The van der Waals surface area contributed by atoms with Crippen molar-refractivity contribution >= 4 is 17.7 Å². The first-order chi connectivity index (χ1) is 10.3. The Labute approximate surface area is 130 Å². The SMILES string of the molecule is O=C(O)c1ccccc1SC[C@H]1CCCN2CCCC[C@@H]12. The van der Waals surface area contributed by atoms with Gasteiger partial charge >= 0.3 is 5.97 Å². The van der Waals surface area contributed by atoms with Crippen LogP contribution in [-0.2, 0) is 0 Å². The minimum absolute atomic E-state index is 0.443. The molecule has 114 valence electrons. The highest BCUT2D eigenvalue weighted by Gasteiger charge is 2.32.